The van der Waals surface area contributed by atoms with Crippen LogP contribution in [-0.2, 0) is 4.74 Å². The summed E-state index contributed by atoms with van der Waals surface area (Å²) < 4.78 is 4.71. The predicted molar refractivity (Wildman–Crippen MR) is 59.5 cm³/mol. The molecular formula is C11H12ClNO3. The molecule has 0 aliphatic heterocycles. The molecule has 5 heteroatoms. The third-order valence-corrected chi connectivity index (χ3v) is 2.99. The van der Waals surface area contributed by atoms with Crippen LogP contribution in [0.4, 0.5) is 4.79 Å². The van der Waals surface area contributed by atoms with Gasteiger partial charge in [0.15, 0.2) is 0 Å². The molecule has 4 nitrogen and oxygen atoms in total. The Morgan fingerprint density at radius 2 is 2.38 bits per heavy atom. The molecule has 0 saturated heterocycles. The molecule has 1 aliphatic rings. The van der Waals surface area contributed by atoms with E-state index in [1.54, 1.807) is 18.2 Å². The van der Waals surface area contributed by atoms with Gasteiger partial charge in [-0.2, -0.15) is 0 Å². The first-order chi connectivity index (χ1) is 7.58. The Hall–Kier alpha value is -1.42. The standard InChI is InChI=1S/C11H12ClNO3/c12-7-1-2-10(14)9(4-7)8-3-6(8)5-16-11(13)15/h1-2,4,6,8,14H,3,5H2,(H2,13,15). The van der Waals surface area contributed by atoms with Crippen molar-refractivity contribution in [2.45, 2.75) is 12.3 Å². The van der Waals surface area contributed by atoms with Gasteiger partial charge in [0, 0.05) is 10.9 Å². The average Bonchev–Trinajstić information content (AvgIpc) is 2.98. The van der Waals surface area contributed by atoms with E-state index in [2.05, 4.69) is 0 Å². The molecule has 2 unspecified atom stereocenters. The molecule has 1 aromatic rings. The molecule has 86 valence electrons. The molecule has 2 atom stereocenters. The summed E-state index contributed by atoms with van der Waals surface area (Å²) in [6, 6.07) is 4.95. The summed E-state index contributed by atoms with van der Waals surface area (Å²) in [4.78, 5) is 10.4. The van der Waals surface area contributed by atoms with Crippen molar-refractivity contribution < 1.29 is 14.6 Å². The van der Waals surface area contributed by atoms with E-state index in [0.29, 0.717) is 11.6 Å². The lowest BCUT2D eigenvalue weighted by Gasteiger charge is -2.04. The lowest BCUT2D eigenvalue weighted by Crippen LogP contribution is -2.14. The van der Waals surface area contributed by atoms with Crippen molar-refractivity contribution in [3.8, 4) is 5.75 Å². The van der Waals surface area contributed by atoms with Crippen molar-refractivity contribution in [1.29, 1.82) is 0 Å². The first-order valence-corrected chi connectivity index (χ1v) is 5.36. The second-order valence-electron chi connectivity index (χ2n) is 3.94. The maximum atomic E-state index is 10.4. The van der Waals surface area contributed by atoms with Crippen LogP contribution in [0, 0.1) is 5.92 Å². The molecule has 1 aliphatic carbocycles. The van der Waals surface area contributed by atoms with Gasteiger partial charge in [-0.15, -0.1) is 0 Å². The van der Waals surface area contributed by atoms with Crippen LogP contribution >= 0.6 is 11.6 Å². The zero-order valence-electron chi connectivity index (χ0n) is 8.52. The molecule has 16 heavy (non-hydrogen) atoms. The quantitative estimate of drug-likeness (QED) is 0.853. The number of amides is 1. The fraction of sp³-hybridized carbons (Fsp3) is 0.364. The number of phenolic OH excluding ortho intramolecular Hbond substituents is 1. The Kier molecular flexibility index (Phi) is 2.92. The molecule has 2 rings (SSSR count). The minimum absolute atomic E-state index is 0.207. The normalized spacial score (nSPS) is 22.8. The van der Waals surface area contributed by atoms with Crippen molar-refractivity contribution in [1.82, 2.24) is 0 Å². The first-order valence-electron chi connectivity index (χ1n) is 4.98. The highest BCUT2D eigenvalue weighted by Gasteiger charge is 2.40. The molecule has 0 radical (unpaired) electrons. The molecule has 0 bridgehead atoms. The fourth-order valence-electron chi connectivity index (χ4n) is 1.82. The number of rotatable bonds is 3. The third kappa shape index (κ3) is 2.39. The highest BCUT2D eigenvalue weighted by atomic mass is 35.5. The monoisotopic (exact) mass is 241 g/mol. The van der Waals surface area contributed by atoms with E-state index in [-0.39, 0.29) is 17.6 Å². The van der Waals surface area contributed by atoms with Gasteiger partial charge in [0.2, 0.25) is 0 Å². The summed E-state index contributed by atoms with van der Waals surface area (Å²) in [5.41, 5.74) is 5.69. The molecular weight excluding hydrogens is 230 g/mol. The van der Waals surface area contributed by atoms with Gasteiger partial charge in [0.05, 0.1) is 6.61 Å². The van der Waals surface area contributed by atoms with Crippen molar-refractivity contribution >= 4 is 17.7 Å². The largest absolute Gasteiger partial charge is 0.508 e. The molecule has 0 heterocycles. The third-order valence-electron chi connectivity index (χ3n) is 2.75. The number of hydrogen-bond acceptors (Lipinski definition) is 3. The summed E-state index contributed by atoms with van der Waals surface area (Å²) in [6.45, 7) is 0.298. The lowest BCUT2D eigenvalue weighted by atomic mass is 10.1. The number of halogens is 1. The number of hydrogen-bond donors (Lipinski definition) is 2. The Balaban J connectivity index is 2.00. The van der Waals surface area contributed by atoms with Crippen LogP contribution in [0.2, 0.25) is 5.02 Å². The summed E-state index contributed by atoms with van der Waals surface area (Å²) >= 11 is 5.85. The molecule has 1 amide bonds. The molecule has 1 saturated carbocycles. The summed E-state index contributed by atoms with van der Waals surface area (Å²) in [6.07, 6.45) is 0.113. The van der Waals surface area contributed by atoms with Gasteiger partial charge in [0.1, 0.15) is 5.75 Å². The van der Waals surface area contributed by atoms with Gasteiger partial charge >= 0.3 is 6.09 Å². The van der Waals surface area contributed by atoms with E-state index < -0.39 is 6.09 Å². The SMILES string of the molecule is NC(=O)OCC1CC1c1cc(Cl)ccc1O. The predicted octanol–water partition coefficient (Wildman–Crippen LogP) is 2.24. The topological polar surface area (TPSA) is 72.6 Å². The number of aromatic hydroxyl groups is 1. The Bertz CT molecular complexity index is 422. The summed E-state index contributed by atoms with van der Waals surface area (Å²) in [5.74, 6) is 0.672. The smallest absolute Gasteiger partial charge is 0.404 e. The van der Waals surface area contributed by atoms with Crippen molar-refractivity contribution in [2.75, 3.05) is 6.61 Å². The van der Waals surface area contributed by atoms with Crippen LogP contribution in [-0.4, -0.2) is 17.8 Å². The van der Waals surface area contributed by atoms with Crippen LogP contribution in [0.15, 0.2) is 18.2 Å². The lowest BCUT2D eigenvalue weighted by molar-refractivity contribution is 0.151. The van der Waals surface area contributed by atoms with Crippen LogP contribution in [0.25, 0.3) is 0 Å². The summed E-state index contributed by atoms with van der Waals surface area (Å²) in [7, 11) is 0. The number of ether oxygens (including phenoxy) is 1. The zero-order valence-corrected chi connectivity index (χ0v) is 9.28. The number of phenols is 1. The number of carbonyl (C=O) groups is 1. The number of nitrogens with two attached hydrogens (primary N) is 1. The highest BCUT2D eigenvalue weighted by Crippen LogP contribution is 2.50. The van der Waals surface area contributed by atoms with Gasteiger partial charge < -0.3 is 15.6 Å². The Morgan fingerprint density at radius 1 is 1.62 bits per heavy atom. The van der Waals surface area contributed by atoms with Crippen LogP contribution in [0.5, 0.6) is 5.75 Å². The minimum Gasteiger partial charge on any atom is -0.508 e. The highest BCUT2D eigenvalue weighted by molar-refractivity contribution is 6.30. The number of carbonyl (C=O) groups excluding carboxylic acids is 1. The van der Waals surface area contributed by atoms with E-state index in [4.69, 9.17) is 22.1 Å². The molecule has 1 aromatic carbocycles. The number of primary amides is 1. The van der Waals surface area contributed by atoms with E-state index in [9.17, 15) is 9.90 Å². The Labute approximate surface area is 98.0 Å². The van der Waals surface area contributed by atoms with Crippen molar-refractivity contribution in [3.63, 3.8) is 0 Å². The van der Waals surface area contributed by atoms with Crippen LogP contribution in [0.3, 0.4) is 0 Å². The number of benzene rings is 1. The summed E-state index contributed by atoms with van der Waals surface area (Å²) in [5, 5.41) is 10.2. The zero-order chi connectivity index (χ0) is 11.7. The average molecular weight is 242 g/mol. The van der Waals surface area contributed by atoms with E-state index >= 15 is 0 Å². The molecule has 3 N–H and O–H groups in total. The molecule has 0 aromatic heterocycles. The van der Waals surface area contributed by atoms with Crippen LogP contribution < -0.4 is 5.73 Å². The van der Waals surface area contributed by atoms with Gasteiger partial charge in [-0.3, -0.25) is 0 Å². The maximum Gasteiger partial charge on any atom is 0.404 e. The Morgan fingerprint density at radius 3 is 3.06 bits per heavy atom. The maximum absolute atomic E-state index is 10.4. The molecule has 1 fully saturated rings. The fourth-order valence-corrected chi connectivity index (χ4v) is 2.00. The molecule has 0 spiro atoms. The van der Waals surface area contributed by atoms with E-state index in [1.165, 1.54) is 0 Å². The first kappa shape index (κ1) is 11.1. The minimum atomic E-state index is -0.763. The van der Waals surface area contributed by atoms with Gasteiger partial charge in [0.25, 0.3) is 0 Å². The van der Waals surface area contributed by atoms with Crippen molar-refractivity contribution in [2.24, 2.45) is 11.7 Å². The second-order valence-corrected chi connectivity index (χ2v) is 4.37. The van der Waals surface area contributed by atoms with Gasteiger partial charge in [-0.1, -0.05) is 11.6 Å². The van der Waals surface area contributed by atoms with Gasteiger partial charge in [-0.05, 0) is 36.1 Å². The van der Waals surface area contributed by atoms with E-state index in [1.807, 2.05) is 0 Å². The second kappa shape index (κ2) is 4.22. The van der Waals surface area contributed by atoms with E-state index in [0.717, 1.165) is 12.0 Å². The van der Waals surface area contributed by atoms with Crippen LogP contribution in [0.1, 0.15) is 17.9 Å². The van der Waals surface area contributed by atoms with Crippen molar-refractivity contribution in [3.05, 3.63) is 28.8 Å². The van der Waals surface area contributed by atoms with Gasteiger partial charge in [-0.25, -0.2) is 4.79 Å².